The Hall–Kier alpha value is -1.57. The quantitative estimate of drug-likeness (QED) is 0.689. The van der Waals surface area contributed by atoms with Gasteiger partial charge >= 0.3 is 0 Å². The van der Waals surface area contributed by atoms with Crippen LogP contribution in [0.3, 0.4) is 0 Å². The number of aromatic nitrogens is 2. The topological polar surface area (TPSA) is 17.8 Å². The van der Waals surface area contributed by atoms with Crippen LogP contribution in [0.25, 0.3) is 0 Å². The van der Waals surface area contributed by atoms with Crippen molar-refractivity contribution < 1.29 is 0 Å². The summed E-state index contributed by atoms with van der Waals surface area (Å²) in [6, 6.07) is 9.24. The zero-order valence-electron chi connectivity index (χ0n) is 8.85. The first kappa shape index (κ1) is 8.72. The highest BCUT2D eigenvalue weighted by atomic mass is 15.1. The predicted molar refractivity (Wildman–Crippen MR) is 59.9 cm³/mol. The Morgan fingerprint density at radius 1 is 1.33 bits per heavy atom. The zero-order chi connectivity index (χ0) is 10.3. The summed E-state index contributed by atoms with van der Waals surface area (Å²) in [7, 11) is 0. The van der Waals surface area contributed by atoms with Crippen molar-refractivity contribution in [1.29, 1.82) is 0 Å². The van der Waals surface area contributed by atoms with Crippen LogP contribution in [0.4, 0.5) is 0 Å². The average molecular weight is 198 g/mol. The van der Waals surface area contributed by atoms with Gasteiger partial charge in [0.05, 0.1) is 12.4 Å². The normalized spacial score (nSPS) is 19.1. The highest BCUT2D eigenvalue weighted by molar-refractivity contribution is 5.35. The highest BCUT2D eigenvalue weighted by Gasteiger charge is 2.23. The molecule has 0 amide bonds. The van der Waals surface area contributed by atoms with Crippen LogP contribution in [0.1, 0.15) is 29.3 Å². The van der Waals surface area contributed by atoms with Crippen LogP contribution in [-0.2, 0) is 6.42 Å². The molecule has 15 heavy (non-hydrogen) atoms. The van der Waals surface area contributed by atoms with Crippen molar-refractivity contribution in [1.82, 2.24) is 9.55 Å². The van der Waals surface area contributed by atoms with E-state index in [1.807, 2.05) is 12.5 Å². The second kappa shape index (κ2) is 3.23. The summed E-state index contributed by atoms with van der Waals surface area (Å²) < 4.78 is 2.28. The minimum Gasteiger partial charge on any atom is -0.327 e. The van der Waals surface area contributed by atoms with E-state index in [1.54, 1.807) is 0 Å². The van der Waals surface area contributed by atoms with Gasteiger partial charge in [0.1, 0.15) is 0 Å². The van der Waals surface area contributed by atoms with Crippen LogP contribution < -0.4 is 0 Å². The molecule has 0 saturated heterocycles. The predicted octanol–water partition coefficient (Wildman–Crippen LogP) is 2.73. The number of hydrogen-bond donors (Lipinski definition) is 0. The van der Waals surface area contributed by atoms with E-state index in [-0.39, 0.29) is 0 Å². The van der Waals surface area contributed by atoms with Gasteiger partial charge in [-0.05, 0) is 30.9 Å². The van der Waals surface area contributed by atoms with Crippen molar-refractivity contribution in [3.05, 3.63) is 53.6 Å². The molecule has 2 heteroatoms. The maximum absolute atomic E-state index is 4.20. The Morgan fingerprint density at radius 3 is 3.00 bits per heavy atom. The third-order valence-corrected chi connectivity index (χ3v) is 3.30. The Bertz CT molecular complexity index is 485. The van der Waals surface area contributed by atoms with Crippen LogP contribution in [-0.4, -0.2) is 9.55 Å². The molecule has 1 heterocycles. The SMILES string of the molecule is Cc1cncn1C1CCc2ccccc21. The summed E-state index contributed by atoms with van der Waals surface area (Å²) in [5.74, 6) is 0. The number of nitrogens with zero attached hydrogens (tertiary/aromatic N) is 2. The van der Waals surface area contributed by atoms with Crippen LogP contribution in [0, 0.1) is 6.92 Å². The van der Waals surface area contributed by atoms with Crippen molar-refractivity contribution in [2.75, 3.05) is 0 Å². The molecule has 0 radical (unpaired) electrons. The summed E-state index contributed by atoms with van der Waals surface area (Å²) in [5.41, 5.74) is 4.21. The van der Waals surface area contributed by atoms with Crippen LogP contribution in [0.5, 0.6) is 0 Å². The van der Waals surface area contributed by atoms with Gasteiger partial charge < -0.3 is 4.57 Å². The molecule has 1 aliphatic rings. The lowest BCUT2D eigenvalue weighted by Crippen LogP contribution is -2.07. The number of hydrogen-bond acceptors (Lipinski definition) is 1. The fourth-order valence-corrected chi connectivity index (χ4v) is 2.52. The van der Waals surface area contributed by atoms with Crippen molar-refractivity contribution >= 4 is 0 Å². The van der Waals surface area contributed by atoms with Gasteiger partial charge in [-0.2, -0.15) is 0 Å². The molecule has 3 rings (SSSR count). The number of aryl methyl sites for hydroxylation is 2. The largest absolute Gasteiger partial charge is 0.327 e. The first-order chi connectivity index (χ1) is 7.36. The first-order valence-corrected chi connectivity index (χ1v) is 5.42. The molecular formula is C13H14N2. The van der Waals surface area contributed by atoms with Crippen molar-refractivity contribution in [3.63, 3.8) is 0 Å². The second-order valence-electron chi connectivity index (χ2n) is 4.20. The molecule has 1 aliphatic carbocycles. The molecule has 0 spiro atoms. The van der Waals surface area contributed by atoms with E-state index >= 15 is 0 Å². The summed E-state index contributed by atoms with van der Waals surface area (Å²) in [6.45, 7) is 2.12. The Morgan fingerprint density at radius 2 is 2.20 bits per heavy atom. The number of fused-ring (bicyclic) bond motifs is 1. The Balaban J connectivity index is 2.08. The lowest BCUT2D eigenvalue weighted by atomic mass is 10.1. The summed E-state index contributed by atoms with van der Waals surface area (Å²) in [4.78, 5) is 4.20. The van der Waals surface area contributed by atoms with E-state index in [2.05, 4.69) is 40.7 Å². The molecular weight excluding hydrogens is 184 g/mol. The van der Waals surface area contributed by atoms with Gasteiger partial charge in [-0.15, -0.1) is 0 Å². The van der Waals surface area contributed by atoms with Crippen LogP contribution >= 0.6 is 0 Å². The first-order valence-electron chi connectivity index (χ1n) is 5.42. The van der Waals surface area contributed by atoms with Gasteiger partial charge in [0, 0.05) is 11.9 Å². The zero-order valence-corrected chi connectivity index (χ0v) is 8.85. The highest BCUT2D eigenvalue weighted by Crippen LogP contribution is 2.34. The molecule has 2 aromatic rings. The van der Waals surface area contributed by atoms with E-state index < -0.39 is 0 Å². The third-order valence-electron chi connectivity index (χ3n) is 3.30. The standard InChI is InChI=1S/C13H14N2/c1-10-8-14-9-15(10)13-7-6-11-4-2-3-5-12(11)13/h2-5,8-9,13H,6-7H2,1H3. The fourth-order valence-electron chi connectivity index (χ4n) is 2.52. The summed E-state index contributed by atoms with van der Waals surface area (Å²) in [5, 5.41) is 0. The molecule has 0 bridgehead atoms. The van der Waals surface area contributed by atoms with Crippen LogP contribution in [0.2, 0.25) is 0 Å². The van der Waals surface area contributed by atoms with E-state index in [0.29, 0.717) is 6.04 Å². The molecule has 2 nitrogen and oxygen atoms in total. The van der Waals surface area contributed by atoms with E-state index in [4.69, 9.17) is 0 Å². The minimum atomic E-state index is 0.503. The smallest absolute Gasteiger partial charge is 0.0953 e. The molecule has 1 aromatic heterocycles. The average Bonchev–Trinajstić information content (AvgIpc) is 2.83. The van der Waals surface area contributed by atoms with Gasteiger partial charge in [-0.3, -0.25) is 0 Å². The molecule has 1 atom stereocenters. The van der Waals surface area contributed by atoms with Crippen molar-refractivity contribution in [2.24, 2.45) is 0 Å². The van der Waals surface area contributed by atoms with Crippen LogP contribution in [0.15, 0.2) is 36.8 Å². The summed E-state index contributed by atoms with van der Waals surface area (Å²) in [6.07, 6.45) is 6.28. The van der Waals surface area contributed by atoms with E-state index in [9.17, 15) is 0 Å². The van der Waals surface area contributed by atoms with Gasteiger partial charge in [0.25, 0.3) is 0 Å². The molecule has 0 N–H and O–H groups in total. The van der Waals surface area contributed by atoms with Crippen molar-refractivity contribution in [2.45, 2.75) is 25.8 Å². The van der Waals surface area contributed by atoms with Gasteiger partial charge in [0.2, 0.25) is 0 Å². The number of benzene rings is 1. The maximum atomic E-state index is 4.20. The lowest BCUT2D eigenvalue weighted by Gasteiger charge is -2.15. The minimum absolute atomic E-state index is 0.503. The maximum Gasteiger partial charge on any atom is 0.0953 e. The molecule has 0 aliphatic heterocycles. The lowest BCUT2D eigenvalue weighted by molar-refractivity contribution is 0.567. The van der Waals surface area contributed by atoms with Gasteiger partial charge in [-0.1, -0.05) is 24.3 Å². The summed E-state index contributed by atoms with van der Waals surface area (Å²) >= 11 is 0. The molecule has 1 aromatic carbocycles. The van der Waals surface area contributed by atoms with Gasteiger partial charge in [-0.25, -0.2) is 4.98 Å². The third kappa shape index (κ3) is 1.29. The Labute approximate surface area is 89.6 Å². The number of imidazole rings is 1. The molecule has 1 unspecified atom stereocenters. The van der Waals surface area contributed by atoms with Crippen molar-refractivity contribution in [3.8, 4) is 0 Å². The fraction of sp³-hybridized carbons (Fsp3) is 0.308. The number of rotatable bonds is 1. The molecule has 0 fully saturated rings. The van der Waals surface area contributed by atoms with E-state index in [0.717, 1.165) is 0 Å². The molecule has 0 saturated carbocycles. The van der Waals surface area contributed by atoms with E-state index in [1.165, 1.54) is 29.7 Å². The molecule has 76 valence electrons. The second-order valence-corrected chi connectivity index (χ2v) is 4.20. The Kier molecular flexibility index (Phi) is 1.88. The monoisotopic (exact) mass is 198 g/mol. The van der Waals surface area contributed by atoms with Gasteiger partial charge in [0.15, 0.2) is 0 Å².